The molecule has 1 N–H and O–H groups in total. The molecular formula is C24H15F5N2O3. The molecule has 0 aliphatic carbocycles. The highest BCUT2D eigenvalue weighted by molar-refractivity contribution is 6.13. The Balaban J connectivity index is 1.87. The Hall–Kier alpha value is -4.21. The van der Waals surface area contributed by atoms with E-state index in [0.717, 1.165) is 0 Å². The highest BCUT2D eigenvalue weighted by Gasteiger charge is 2.28. The van der Waals surface area contributed by atoms with Crippen LogP contribution in [0.3, 0.4) is 0 Å². The molecule has 4 rings (SSSR count). The van der Waals surface area contributed by atoms with Gasteiger partial charge < -0.3 is 14.8 Å². The number of halogens is 5. The van der Waals surface area contributed by atoms with Crippen LogP contribution in [0.15, 0.2) is 48.5 Å². The molecule has 0 radical (unpaired) electrons. The second kappa shape index (κ2) is 8.97. The van der Waals surface area contributed by atoms with E-state index in [2.05, 4.69) is 4.98 Å². The van der Waals surface area contributed by atoms with Crippen molar-refractivity contribution in [1.82, 2.24) is 4.98 Å². The van der Waals surface area contributed by atoms with Crippen molar-refractivity contribution >= 4 is 22.5 Å². The summed E-state index contributed by atoms with van der Waals surface area (Å²) in [5.41, 5.74) is -0.478. The number of ether oxygens (including phenoxy) is 2. The molecule has 0 fully saturated rings. The van der Waals surface area contributed by atoms with E-state index in [1.807, 2.05) is 0 Å². The first-order valence-corrected chi connectivity index (χ1v) is 9.71. The Morgan fingerprint density at radius 3 is 2.12 bits per heavy atom. The van der Waals surface area contributed by atoms with Gasteiger partial charge in [-0.05, 0) is 24.3 Å². The number of benzene rings is 3. The van der Waals surface area contributed by atoms with Crippen molar-refractivity contribution in [1.29, 1.82) is 0 Å². The molecule has 0 saturated carbocycles. The monoisotopic (exact) mass is 474 g/mol. The molecule has 3 aromatic carbocycles. The maximum absolute atomic E-state index is 14.1. The summed E-state index contributed by atoms with van der Waals surface area (Å²) in [5.74, 6) is -11.2. The Kier molecular flexibility index (Phi) is 6.06. The number of nitrogens with zero attached hydrogens (tertiary/aromatic N) is 1. The van der Waals surface area contributed by atoms with Crippen molar-refractivity contribution in [2.24, 2.45) is 0 Å². The summed E-state index contributed by atoms with van der Waals surface area (Å²) in [6.07, 6.45) is 0. The average molecular weight is 474 g/mol. The quantitative estimate of drug-likeness (QED) is 0.223. The first-order valence-electron chi connectivity index (χ1n) is 9.71. The number of fused-ring (bicyclic) bond motifs is 1. The minimum absolute atomic E-state index is 0.109. The normalized spacial score (nSPS) is 10.9. The van der Waals surface area contributed by atoms with Gasteiger partial charge in [0.05, 0.1) is 31.0 Å². The number of carbonyl (C=O) groups excluding carboxylic acids is 1. The standard InChI is InChI=1S/C24H15F5N2O3/c1-33-11-7-8-13(17(9-11)34-2)16-10-14(12-5-3-4-6-15(12)30-16)24(32)31-23-21(28)19(26)18(25)20(27)22(23)29/h3-10H,1-2H3,(H,31,32). The topological polar surface area (TPSA) is 60.5 Å². The number of carbonyl (C=O) groups is 1. The lowest BCUT2D eigenvalue weighted by molar-refractivity contribution is 0.102. The molecule has 4 aromatic rings. The average Bonchev–Trinajstić information content (AvgIpc) is 2.87. The Bertz CT molecular complexity index is 1410. The van der Waals surface area contributed by atoms with Crippen LogP contribution in [0, 0.1) is 29.1 Å². The van der Waals surface area contributed by atoms with Gasteiger partial charge in [0.2, 0.25) is 5.82 Å². The number of para-hydroxylation sites is 1. The molecule has 0 aliphatic heterocycles. The highest BCUT2D eigenvalue weighted by Crippen LogP contribution is 2.35. The molecule has 1 aromatic heterocycles. The van der Waals surface area contributed by atoms with Crippen LogP contribution in [0.2, 0.25) is 0 Å². The van der Waals surface area contributed by atoms with E-state index in [1.165, 1.54) is 26.4 Å². The predicted molar refractivity (Wildman–Crippen MR) is 114 cm³/mol. The lowest BCUT2D eigenvalue weighted by Crippen LogP contribution is -2.17. The van der Waals surface area contributed by atoms with Gasteiger partial charge in [-0.3, -0.25) is 4.79 Å². The number of hydrogen-bond acceptors (Lipinski definition) is 4. The molecule has 1 amide bonds. The van der Waals surface area contributed by atoms with Gasteiger partial charge >= 0.3 is 0 Å². The van der Waals surface area contributed by atoms with Crippen molar-refractivity contribution < 1.29 is 36.2 Å². The number of rotatable bonds is 5. The van der Waals surface area contributed by atoms with Crippen LogP contribution in [-0.2, 0) is 0 Å². The van der Waals surface area contributed by atoms with Gasteiger partial charge in [-0.2, -0.15) is 0 Å². The minimum atomic E-state index is -2.32. The molecule has 0 unspecified atom stereocenters. The third kappa shape index (κ3) is 3.87. The first kappa shape index (κ1) is 23.0. The van der Waals surface area contributed by atoms with Crippen LogP contribution >= 0.6 is 0 Å². The van der Waals surface area contributed by atoms with Gasteiger partial charge in [0, 0.05) is 17.0 Å². The zero-order valence-electron chi connectivity index (χ0n) is 17.7. The summed E-state index contributed by atoms with van der Waals surface area (Å²) in [6.45, 7) is 0. The summed E-state index contributed by atoms with van der Waals surface area (Å²) in [4.78, 5) is 17.5. The van der Waals surface area contributed by atoms with Gasteiger partial charge in [-0.25, -0.2) is 26.9 Å². The summed E-state index contributed by atoms with van der Waals surface area (Å²) >= 11 is 0. The van der Waals surface area contributed by atoms with Crippen LogP contribution in [0.1, 0.15) is 10.4 Å². The summed E-state index contributed by atoms with van der Waals surface area (Å²) in [7, 11) is 2.90. The summed E-state index contributed by atoms with van der Waals surface area (Å²) in [6, 6.07) is 12.6. The van der Waals surface area contributed by atoms with E-state index >= 15 is 0 Å². The maximum Gasteiger partial charge on any atom is 0.256 e. The molecule has 174 valence electrons. The van der Waals surface area contributed by atoms with E-state index in [-0.39, 0.29) is 11.3 Å². The zero-order valence-corrected chi connectivity index (χ0v) is 17.7. The number of nitrogens with one attached hydrogen (secondary N) is 1. The lowest BCUT2D eigenvalue weighted by Gasteiger charge is -2.14. The Morgan fingerprint density at radius 2 is 1.47 bits per heavy atom. The molecule has 0 aliphatic rings. The van der Waals surface area contributed by atoms with Crippen LogP contribution in [0.25, 0.3) is 22.2 Å². The molecule has 10 heteroatoms. The zero-order chi connectivity index (χ0) is 24.6. The number of anilines is 1. The third-order valence-corrected chi connectivity index (χ3v) is 5.09. The summed E-state index contributed by atoms with van der Waals surface area (Å²) in [5, 5.41) is 2.10. The van der Waals surface area contributed by atoms with Gasteiger partial charge in [0.15, 0.2) is 23.3 Å². The third-order valence-electron chi connectivity index (χ3n) is 5.09. The van der Waals surface area contributed by atoms with Gasteiger partial charge in [0.1, 0.15) is 17.2 Å². The maximum atomic E-state index is 14.1. The van der Waals surface area contributed by atoms with Crippen molar-refractivity contribution in [2.45, 2.75) is 0 Å². The number of pyridine rings is 1. The van der Waals surface area contributed by atoms with E-state index in [9.17, 15) is 26.7 Å². The van der Waals surface area contributed by atoms with Crippen molar-refractivity contribution in [3.8, 4) is 22.8 Å². The fourth-order valence-electron chi connectivity index (χ4n) is 3.41. The lowest BCUT2D eigenvalue weighted by atomic mass is 10.0. The van der Waals surface area contributed by atoms with E-state index < -0.39 is 40.7 Å². The molecule has 34 heavy (non-hydrogen) atoms. The highest BCUT2D eigenvalue weighted by atomic mass is 19.2. The Morgan fingerprint density at radius 1 is 0.824 bits per heavy atom. The fraction of sp³-hybridized carbons (Fsp3) is 0.0833. The molecule has 0 atom stereocenters. The number of aromatic nitrogens is 1. The SMILES string of the molecule is COc1ccc(-c2cc(C(=O)Nc3c(F)c(F)c(F)c(F)c3F)c3ccccc3n2)c(OC)c1. The van der Waals surface area contributed by atoms with E-state index in [4.69, 9.17) is 9.47 Å². The van der Waals surface area contributed by atoms with Crippen molar-refractivity contribution in [3.05, 3.63) is 83.2 Å². The van der Waals surface area contributed by atoms with Crippen LogP contribution in [0.5, 0.6) is 11.5 Å². The minimum Gasteiger partial charge on any atom is -0.497 e. The van der Waals surface area contributed by atoms with Crippen LogP contribution in [-0.4, -0.2) is 25.1 Å². The molecule has 0 saturated heterocycles. The van der Waals surface area contributed by atoms with Gasteiger partial charge in [0.25, 0.3) is 5.91 Å². The number of hydrogen-bond donors (Lipinski definition) is 1. The molecular weight excluding hydrogens is 459 g/mol. The van der Waals surface area contributed by atoms with E-state index in [0.29, 0.717) is 28.0 Å². The molecule has 1 heterocycles. The summed E-state index contributed by atoms with van der Waals surface area (Å²) < 4.78 is 79.4. The largest absolute Gasteiger partial charge is 0.497 e. The molecule has 0 bridgehead atoms. The number of amides is 1. The van der Waals surface area contributed by atoms with Crippen molar-refractivity contribution in [3.63, 3.8) is 0 Å². The molecule has 0 spiro atoms. The van der Waals surface area contributed by atoms with Gasteiger partial charge in [-0.1, -0.05) is 18.2 Å². The second-order valence-electron chi connectivity index (χ2n) is 7.04. The van der Waals surface area contributed by atoms with Crippen molar-refractivity contribution in [2.75, 3.05) is 19.5 Å². The number of methoxy groups -OCH3 is 2. The first-order chi connectivity index (χ1) is 16.3. The smallest absolute Gasteiger partial charge is 0.256 e. The fourth-order valence-corrected chi connectivity index (χ4v) is 3.41. The van der Waals surface area contributed by atoms with E-state index in [1.54, 1.807) is 41.7 Å². The molecule has 5 nitrogen and oxygen atoms in total. The van der Waals surface area contributed by atoms with Crippen LogP contribution in [0.4, 0.5) is 27.6 Å². The predicted octanol–water partition coefficient (Wildman–Crippen LogP) is 5.87. The second-order valence-corrected chi connectivity index (χ2v) is 7.04. The Labute approximate surface area is 189 Å². The van der Waals surface area contributed by atoms with Gasteiger partial charge in [-0.15, -0.1) is 0 Å². The van der Waals surface area contributed by atoms with Crippen LogP contribution < -0.4 is 14.8 Å².